The molecule has 0 amide bonds. The standard InChI is InChI=1S/C17H29N/c1-13-8-7-9-15(10-13)16(18-6)11-14(2)12-17(3,4)5/h7-10,14,16,18H,11-12H2,1-6H3. The van der Waals surface area contributed by atoms with Crippen LogP contribution in [0.1, 0.15) is 57.7 Å². The molecule has 2 atom stereocenters. The molecule has 1 nitrogen and oxygen atoms in total. The monoisotopic (exact) mass is 247 g/mol. The maximum Gasteiger partial charge on any atom is 0.0320 e. The lowest BCUT2D eigenvalue weighted by molar-refractivity contribution is 0.279. The number of hydrogen-bond acceptors (Lipinski definition) is 1. The molecule has 1 heteroatoms. The Balaban J connectivity index is 2.67. The zero-order chi connectivity index (χ0) is 13.8. The lowest BCUT2D eigenvalue weighted by atomic mass is 9.82. The molecule has 0 aliphatic heterocycles. The van der Waals surface area contributed by atoms with Crippen molar-refractivity contribution in [2.75, 3.05) is 7.05 Å². The van der Waals surface area contributed by atoms with Crippen LogP contribution >= 0.6 is 0 Å². The molecule has 1 N–H and O–H groups in total. The smallest absolute Gasteiger partial charge is 0.0320 e. The Labute approximate surface area is 113 Å². The summed E-state index contributed by atoms with van der Waals surface area (Å²) in [6, 6.07) is 9.32. The first kappa shape index (κ1) is 15.2. The van der Waals surface area contributed by atoms with Gasteiger partial charge in [-0.1, -0.05) is 57.5 Å². The van der Waals surface area contributed by atoms with Crippen LogP contribution in [0.15, 0.2) is 24.3 Å². The van der Waals surface area contributed by atoms with Crippen LogP contribution in [0, 0.1) is 18.3 Å². The molecule has 0 aliphatic rings. The minimum atomic E-state index is 0.421. The van der Waals surface area contributed by atoms with Crippen LogP contribution in [-0.4, -0.2) is 7.05 Å². The summed E-state index contributed by atoms with van der Waals surface area (Å²) in [5.74, 6) is 0.739. The molecule has 1 aromatic carbocycles. The van der Waals surface area contributed by atoms with E-state index in [9.17, 15) is 0 Å². The number of rotatable bonds is 5. The maximum atomic E-state index is 3.46. The van der Waals surface area contributed by atoms with Crippen LogP contribution in [0.3, 0.4) is 0 Å². The molecular weight excluding hydrogens is 218 g/mol. The lowest BCUT2D eigenvalue weighted by Gasteiger charge is -2.27. The topological polar surface area (TPSA) is 12.0 Å². The molecule has 1 rings (SSSR count). The number of aryl methyl sites for hydroxylation is 1. The molecule has 0 fully saturated rings. The van der Waals surface area contributed by atoms with Crippen molar-refractivity contribution in [3.8, 4) is 0 Å². The molecule has 0 spiro atoms. The molecule has 18 heavy (non-hydrogen) atoms. The fourth-order valence-corrected chi connectivity index (χ4v) is 2.84. The minimum Gasteiger partial charge on any atom is -0.313 e. The Hall–Kier alpha value is -0.820. The van der Waals surface area contributed by atoms with E-state index in [4.69, 9.17) is 0 Å². The highest BCUT2D eigenvalue weighted by molar-refractivity contribution is 5.25. The van der Waals surface area contributed by atoms with E-state index in [1.165, 1.54) is 24.0 Å². The average molecular weight is 247 g/mol. The highest BCUT2D eigenvalue weighted by atomic mass is 14.9. The van der Waals surface area contributed by atoms with Crippen molar-refractivity contribution < 1.29 is 0 Å². The van der Waals surface area contributed by atoms with E-state index in [2.05, 4.69) is 71.2 Å². The van der Waals surface area contributed by atoms with Gasteiger partial charge in [0.05, 0.1) is 0 Å². The number of benzene rings is 1. The predicted octanol–water partition coefficient (Wildman–Crippen LogP) is 4.72. The number of nitrogens with one attached hydrogen (secondary N) is 1. The molecule has 0 saturated heterocycles. The van der Waals surface area contributed by atoms with Crippen molar-refractivity contribution in [2.45, 2.75) is 53.5 Å². The van der Waals surface area contributed by atoms with E-state index < -0.39 is 0 Å². The van der Waals surface area contributed by atoms with Crippen LogP contribution in [0.4, 0.5) is 0 Å². The molecule has 0 heterocycles. The molecule has 0 aromatic heterocycles. The quantitative estimate of drug-likeness (QED) is 0.794. The maximum absolute atomic E-state index is 3.46. The highest BCUT2D eigenvalue weighted by Crippen LogP contribution is 2.30. The summed E-state index contributed by atoms with van der Waals surface area (Å²) < 4.78 is 0. The molecule has 1 aromatic rings. The first-order chi connectivity index (χ1) is 8.31. The summed E-state index contributed by atoms with van der Waals surface area (Å²) >= 11 is 0. The normalized spacial score (nSPS) is 15.4. The van der Waals surface area contributed by atoms with Gasteiger partial charge in [0.15, 0.2) is 0 Å². The van der Waals surface area contributed by atoms with Crippen LogP contribution in [0.2, 0.25) is 0 Å². The highest BCUT2D eigenvalue weighted by Gasteiger charge is 2.19. The first-order valence-electron chi connectivity index (χ1n) is 7.05. The molecule has 0 bridgehead atoms. The van der Waals surface area contributed by atoms with Gasteiger partial charge in [0, 0.05) is 6.04 Å². The van der Waals surface area contributed by atoms with Gasteiger partial charge in [0.2, 0.25) is 0 Å². The van der Waals surface area contributed by atoms with Gasteiger partial charge < -0.3 is 5.32 Å². The summed E-state index contributed by atoms with van der Waals surface area (Å²) in [7, 11) is 2.07. The predicted molar refractivity (Wildman–Crippen MR) is 80.8 cm³/mol. The molecule has 102 valence electrons. The Morgan fingerprint density at radius 1 is 1.22 bits per heavy atom. The van der Waals surface area contributed by atoms with Crippen molar-refractivity contribution in [3.63, 3.8) is 0 Å². The van der Waals surface area contributed by atoms with Gasteiger partial charge in [0.1, 0.15) is 0 Å². The van der Waals surface area contributed by atoms with Crippen molar-refractivity contribution >= 4 is 0 Å². The van der Waals surface area contributed by atoms with E-state index in [-0.39, 0.29) is 0 Å². The Kier molecular flexibility index (Phi) is 5.40. The SMILES string of the molecule is CNC(CC(C)CC(C)(C)C)c1cccc(C)c1. The van der Waals surface area contributed by atoms with Crippen molar-refractivity contribution in [2.24, 2.45) is 11.3 Å². The minimum absolute atomic E-state index is 0.421. The van der Waals surface area contributed by atoms with E-state index in [0.717, 1.165) is 5.92 Å². The van der Waals surface area contributed by atoms with Crippen LogP contribution in [0.25, 0.3) is 0 Å². The molecular formula is C17H29N. The summed E-state index contributed by atoms with van der Waals surface area (Å²) in [5, 5.41) is 3.46. The Morgan fingerprint density at radius 3 is 2.39 bits per heavy atom. The average Bonchev–Trinajstić information content (AvgIpc) is 2.23. The zero-order valence-electron chi connectivity index (χ0n) is 12.9. The zero-order valence-corrected chi connectivity index (χ0v) is 12.9. The van der Waals surface area contributed by atoms with Gasteiger partial charge in [-0.25, -0.2) is 0 Å². The largest absolute Gasteiger partial charge is 0.313 e. The number of hydrogen-bond donors (Lipinski definition) is 1. The van der Waals surface area contributed by atoms with E-state index >= 15 is 0 Å². The van der Waals surface area contributed by atoms with E-state index in [0.29, 0.717) is 11.5 Å². The third-order valence-corrected chi connectivity index (χ3v) is 3.39. The molecule has 0 radical (unpaired) electrons. The van der Waals surface area contributed by atoms with Gasteiger partial charge >= 0.3 is 0 Å². The fraction of sp³-hybridized carbons (Fsp3) is 0.647. The van der Waals surface area contributed by atoms with Crippen LogP contribution in [0.5, 0.6) is 0 Å². The van der Waals surface area contributed by atoms with Crippen molar-refractivity contribution in [1.82, 2.24) is 5.32 Å². The van der Waals surface area contributed by atoms with Crippen LogP contribution < -0.4 is 5.32 Å². The van der Waals surface area contributed by atoms with E-state index in [1.807, 2.05) is 0 Å². The fourth-order valence-electron chi connectivity index (χ4n) is 2.84. The summed E-state index contributed by atoms with van der Waals surface area (Å²) in [5.41, 5.74) is 3.18. The second-order valence-electron chi connectivity index (χ2n) is 6.86. The Morgan fingerprint density at radius 2 is 1.89 bits per heavy atom. The van der Waals surface area contributed by atoms with Crippen LogP contribution in [-0.2, 0) is 0 Å². The van der Waals surface area contributed by atoms with Crippen molar-refractivity contribution in [1.29, 1.82) is 0 Å². The summed E-state index contributed by atoms with van der Waals surface area (Å²) in [6.07, 6.45) is 2.48. The van der Waals surface area contributed by atoms with Gasteiger partial charge in [0.25, 0.3) is 0 Å². The second-order valence-corrected chi connectivity index (χ2v) is 6.86. The van der Waals surface area contributed by atoms with Gasteiger partial charge in [-0.3, -0.25) is 0 Å². The third-order valence-electron chi connectivity index (χ3n) is 3.39. The lowest BCUT2D eigenvalue weighted by Crippen LogP contribution is -2.21. The summed E-state index contributed by atoms with van der Waals surface area (Å²) in [6.45, 7) is 11.5. The third kappa shape index (κ3) is 5.22. The molecule has 0 saturated carbocycles. The molecule has 2 unspecified atom stereocenters. The van der Waals surface area contributed by atoms with E-state index in [1.54, 1.807) is 0 Å². The second kappa shape index (κ2) is 6.38. The Bertz CT molecular complexity index is 362. The van der Waals surface area contributed by atoms with Gasteiger partial charge in [-0.15, -0.1) is 0 Å². The van der Waals surface area contributed by atoms with Gasteiger partial charge in [-0.05, 0) is 43.7 Å². The van der Waals surface area contributed by atoms with Crippen molar-refractivity contribution in [3.05, 3.63) is 35.4 Å². The molecule has 0 aliphatic carbocycles. The first-order valence-corrected chi connectivity index (χ1v) is 7.05. The summed E-state index contributed by atoms with van der Waals surface area (Å²) in [4.78, 5) is 0. The van der Waals surface area contributed by atoms with Gasteiger partial charge in [-0.2, -0.15) is 0 Å².